The van der Waals surface area contributed by atoms with Gasteiger partial charge in [0.25, 0.3) is 0 Å². The summed E-state index contributed by atoms with van der Waals surface area (Å²) in [4.78, 5) is 27.6. The van der Waals surface area contributed by atoms with Crippen molar-refractivity contribution >= 4 is 36.6 Å². The van der Waals surface area contributed by atoms with Gasteiger partial charge in [0.05, 0.1) is 18.7 Å². The van der Waals surface area contributed by atoms with Crippen molar-refractivity contribution in [2.75, 3.05) is 45.8 Å². The van der Waals surface area contributed by atoms with Crippen LogP contribution in [-0.4, -0.2) is 84.7 Å². The molecule has 2 aliphatic rings. The van der Waals surface area contributed by atoms with Crippen LogP contribution >= 0.6 is 24.8 Å². The third kappa shape index (κ3) is 5.89. The molecule has 2 fully saturated rings. The van der Waals surface area contributed by atoms with E-state index in [-0.39, 0.29) is 42.7 Å². The fraction of sp³-hybridized carbons (Fsp3) is 0.846. The minimum Gasteiger partial charge on any atom is -0.392 e. The molecule has 2 atom stereocenters. The van der Waals surface area contributed by atoms with E-state index in [1.165, 1.54) is 0 Å². The van der Waals surface area contributed by atoms with Crippen LogP contribution in [0, 0.1) is 0 Å². The van der Waals surface area contributed by atoms with E-state index < -0.39 is 6.10 Å². The molecule has 2 unspecified atom stereocenters. The topological polar surface area (TPSA) is 84.9 Å². The molecule has 7 nitrogen and oxygen atoms in total. The number of piperazine rings is 1. The lowest BCUT2D eigenvalue weighted by Crippen LogP contribution is -2.54. The van der Waals surface area contributed by atoms with Crippen molar-refractivity contribution in [3.05, 3.63) is 0 Å². The number of hydrogen-bond donors (Lipinski definition) is 3. The van der Waals surface area contributed by atoms with Gasteiger partial charge in [-0.2, -0.15) is 0 Å². The molecule has 0 spiro atoms. The molecule has 0 radical (unpaired) electrons. The van der Waals surface area contributed by atoms with E-state index in [9.17, 15) is 14.7 Å². The average molecular weight is 357 g/mol. The number of aliphatic hydroxyl groups excluding tert-OH is 1. The molecule has 0 aromatic heterocycles. The van der Waals surface area contributed by atoms with Crippen molar-refractivity contribution in [1.29, 1.82) is 0 Å². The van der Waals surface area contributed by atoms with Crippen molar-refractivity contribution in [2.24, 2.45) is 0 Å². The van der Waals surface area contributed by atoms with Gasteiger partial charge in [0, 0.05) is 39.3 Å². The highest BCUT2D eigenvalue weighted by Gasteiger charge is 2.32. The van der Waals surface area contributed by atoms with Gasteiger partial charge in [0.1, 0.15) is 0 Å². The molecule has 0 bridgehead atoms. The summed E-state index contributed by atoms with van der Waals surface area (Å²) >= 11 is 0. The van der Waals surface area contributed by atoms with Crippen LogP contribution in [0.5, 0.6) is 0 Å². The molecule has 0 aromatic carbocycles. The summed E-state index contributed by atoms with van der Waals surface area (Å²) in [5, 5.41) is 15.3. The van der Waals surface area contributed by atoms with E-state index in [2.05, 4.69) is 15.5 Å². The Balaban J connectivity index is 0.00000220. The van der Waals surface area contributed by atoms with Crippen molar-refractivity contribution in [3.8, 4) is 0 Å². The van der Waals surface area contributed by atoms with Crippen LogP contribution in [-0.2, 0) is 9.59 Å². The SMILES string of the molecule is CCNC(=O)CN1CCN(C(=O)C2CC(O)CN2)CC1.Cl.Cl. The van der Waals surface area contributed by atoms with Crippen LogP contribution in [0.25, 0.3) is 0 Å². The summed E-state index contributed by atoms with van der Waals surface area (Å²) in [7, 11) is 0. The Kier molecular flexibility index (Phi) is 9.95. The third-order valence-electron chi connectivity index (χ3n) is 3.83. The highest BCUT2D eigenvalue weighted by Crippen LogP contribution is 2.11. The number of carbonyl (C=O) groups is 2. The van der Waals surface area contributed by atoms with Crippen molar-refractivity contribution in [1.82, 2.24) is 20.4 Å². The number of carbonyl (C=O) groups excluding carboxylic acids is 2. The molecule has 22 heavy (non-hydrogen) atoms. The predicted octanol–water partition coefficient (Wildman–Crippen LogP) is -1.17. The lowest BCUT2D eigenvalue weighted by atomic mass is 10.1. The summed E-state index contributed by atoms with van der Waals surface area (Å²) in [5.41, 5.74) is 0. The van der Waals surface area contributed by atoms with E-state index >= 15 is 0 Å². The van der Waals surface area contributed by atoms with Gasteiger partial charge in [-0.3, -0.25) is 14.5 Å². The summed E-state index contributed by atoms with van der Waals surface area (Å²) < 4.78 is 0. The highest BCUT2D eigenvalue weighted by molar-refractivity contribution is 5.85. The average Bonchev–Trinajstić information content (AvgIpc) is 2.86. The normalized spacial score (nSPS) is 25.1. The standard InChI is InChI=1S/C13H24N4O3.2ClH/c1-2-14-12(19)9-16-3-5-17(6-4-16)13(20)11-7-10(18)8-15-11;;/h10-11,15,18H,2-9H2,1H3,(H,14,19);2*1H. The maximum Gasteiger partial charge on any atom is 0.239 e. The molecule has 2 rings (SSSR count). The fourth-order valence-corrected chi connectivity index (χ4v) is 2.71. The summed E-state index contributed by atoms with van der Waals surface area (Å²) in [5.74, 6) is 0.104. The minimum atomic E-state index is -0.414. The van der Waals surface area contributed by atoms with Crippen LogP contribution < -0.4 is 10.6 Å². The van der Waals surface area contributed by atoms with Crippen LogP contribution in [0.15, 0.2) is 0 Å². The maximum atomic E-state index is 12.2. The summed E-state index contributed by atoms with van der Waals surface area (Å²) in [6.07, 6.45) is 0.0841. The Labute approximate surface area is 143 Å². The number of β-amino-alcohol motifs (C(OH)–C–C–N with tert-alkyl or cyclic N) is 1. The van der Waals surface area contributed by atoms with E-state index in [0.717, 1.165) is 13.1 Å². The van der Waals surface area contributed by atoms with E-state index in [0.29, 0.717) is 39.1 Å². The Bertz CT molecular complexity index is 365. The van der Waals surface area contributed by atoms with Gasteiger partial charge >= 0.3 is 0 Å². The number of hydrogen-bond acceptors (Lipinski definition) is 5. The molecule has 2 amide bonds. The van der Waals surface area contributed by atoms with Gasteiger partial charge in [-0.25, -0.2) is 0 Å². The summed E-state index contributed by atoms with van der Waals surface area (Å²) in [6, 6.07) is -0.250. The first-order valence-electron chi connectivity index (χ1n) is 7.29. The number of amides is 2. The van der Waals surface area contributed by atoms with Crippen LogP contribution in [0.4, 0.5) is 0 Å². The number of likely N-dealkylation sites (N-methyl/N-ethyl adjacent to an activating group) is 1. The van der Waals surface area contributed by atoms with Crippen molar-refractivity contribution in [3.63, 3.8) is 0 Å². The number of nitrogens with one attached hydrogen (secondary N) is 2. The van der Waals surface area contributed by atoms with Crippen molar-refractivity contribution in [2.45, 2.75) is 25.5 Å². The van der Waals surface area contributed by atoms with Gasteiger partial charge < -0.3 is 20.6 Å². The Hall–Kier alpha value is -0.600. The molecular weight excluding hydrogens is 331 g/mol. The Morgan fingerprint density at radius 2 is 1.86 bits per heavy atom. The second-order valence-electron chi connectivity index (χ2n) is 5.41. The first-order chi connectivity index (χ1) is 9.60. The molecule has 2 aliphatic heterocycles. The molecular formula is C13H26Cl2N4O3. The molecule has 130 valence electrons. The van der Waals surface area contributed by atoms with Gasteiger partial charge in [-0.1, -0.05) is 0 Å². The van der Waals surface area contributed by atoms with Crippen molar-refractivity contribution < 1.29 is 14.7 Å². The summed E-state index contributed by atoms with van der Waals surface area (Å²) in [6.45, 7) is 6.17. The number of rotatable bonds is 4. The number of nitrogens with zero attached hydrogens (tertiary/aromatic N) is 2. The largest absolute Gasteiger partial charge is 0.392 e. The van der Waals surface area contributed by atoms with Gasteiger partial charge in [0.2, 0.25) is 11.8 Å². The smallest absolute Gasteiger partial charge is 0.239 e. The van der Waals surface area contributed by atoms with Crippen LogP contribution in [0.2, 0.25) is 0 Å². The Morgan fingerprint density at radius 3 is 2.36 bits per heavy atom. The lowest BCUT2D eigenvalue weighted by molar-refractivity contribution is -0.135. The van der Waals surface area contributed by atoms with Crippen LogP contribution in [0.3, 0.4) is 0 Å². The lowest BCUT2D eigenvalue weighted by Gasteiger charge is -2.35. The zero-order valence-electron chi connectivity index (χ0n) is 12.8. The first-order valence-corrected chi connectivity index (χ1v) is 7.29. The van der Waals surface area contributed by atoms with Crippen LogP contribution in [0.1, 0.15) is 13.3 Å². The molecule has 0 saturated carbocycles. The molecule has 3 N–H and O–H groups in total. The van der Waals surface area contributed by atoms with E-state index in [1.807, 2.05) is 11.8 Å². The van der Waals surface area contributed by atoms with Gasteiger partial charge in [0.15, 0.2) is 0 Å². The van der Waals surface area contributed by atoms with E-state index in [1.54, 1.807) is 0 Å². The number of aliphatic hydroxyl groups is 1. The molecule has 9 heteroatoms. The van der Waals surface area contributed by atoms with Gasteiger partial charge in [-0.05, 0) is 13.3 Å². The molecule has 0 aliphatic carbocycles. The minimum absolute atomic E-state index is 0. The predicted molar refractivity (Wildman–Crippen MR) is 88.6 cm³/mol. The van der Waals surface area contributed by atoms with E-state index in [4.69, 9.17) is 0 Å². The monoisotopic (exact) mass is 356 g/mol. The maximum absolute atomic E-state index is 12.2. The molecule has 0 aromatic rings. The zero-order chi connectivity index (χ0) is 14.5. The highest BCUT2D eigenvalue weighted by atomic mass is 35.5. The fourth-order valence-electron chi connectivity index (χ4n) is 2.71. The second kappa shape index (κ2) is 10.2. The number of halogens is 2. The Morgan fingerprint density at radius 1 is 1.23 bits per heavy atom. The zero-order valence-corrected chi connectivity index (χ0v) is 14.4. The molecule has 2 heterocycles. The molecule has 2 saturated heterocycles. The third-order valence-corrected chi connectivity index (χ3v) is 3.83. The first kappa shape index (κ1) is 21.4. The van der Waals surface area contributed by atoms with Gasteiger partial charge in [-0.15, -0.1) is 24.8 Å². The second-order valence-corrected chi connectivity index (χ2v) is 5.41. The quantitative estimate of drug-likeness (QED) is 0.591.